The van der Waals surface area contributed by atoms with Crippen LogP contribution in [0.4, 0.5) is 0 Å². The summed E-state index contributed by atoms with van der Waals surface area (Å²) in [6.07, 6.45) is 5.15. The van der Waals surface area contributed by atoms with Gasteiger partial charge in [0.15, 0.2) is 16.7 Å². The molecular weight excluding hydrogens is 402 g/mol. The first-order chi connectivity index (χ1) is 14.6. The number of ether oxygens (including phenoxy) is 3. The highest BCUT2D eigenvalue weighted by molar-refractivity contribution is 7.98. The van der Waals surface area contributed by atoms with Crippen LogP contribution in [0.1, 0.15) is 55.7 Å². The summed E-state index contributed by atoms with van der Waals surface area (Å²) in [5.41, 5.74) is 2.14. The van der Waals surface area contributed by atoms with E-state index >= 15 is 0 Å². The normalized spacial score (nSPS) is 10.6. The van der Waals surface area contributed by atoms with Crippen molar-refractivity contribution in [1.82, 2.24) is 15.3 Å². The van der Waals surface area contributed by atoms with Gasteiger partial charge in [-0.1, -0.05) is 25.1 Å². The molecule has 0 saturated heterocycles. The molecule has 2 rings (SSSR count). The molecular formula is C22H31N3O4S. The van der Waals surface area contributed by atoms with Gasteiger partial charge in [0.25, 0.3) is 5.91 Å². The van der Waals surface area contributed by atoms with Crippen LogP contribution in [0.2, 0.25) is 0 Å². The molecule has 8 heteroatoms. The molecule has 0 aliphatic rings. The summed E-state index contributed by atoms with van der Waals surface area (Å²) >= 11 is 1.46. The summed E-state index contributed by atoms with van der Waals surface area (Å²) in [5.74, 6) is 1.60. The zero-order valence-corrected chi connectivity index (χ0v) is 19.2. The lowest BCUT2D eigenvalue weighted by molar-refractivity contribution is 0.0948. The fourth-order valence-corrected chi connectivity index (χ4v) is 3.30. The second-order valence-corrected chi connectivity index (χ2v) is 7.14. The van der Waals surface area contributed by atoms with Crippen molar-refractivity contribution in [2.75, 3.05) is 26.1 Å². The van der Waals surface area contributed by atoms with Crippen molar-refractivity contribution in [3.63, 3.8) is 0 Å². The smallest absolute Gasteiger partial charge is 0.254 e. The number of nitrogens with one attached hydrogen (secondary N) is 1. The Labute approximate surface area is 182 Å². The summed E-state index contributed by atoms with van der Waals surface area (Å²) in [7, 11) is 0. The molecule has 1 aromatic carbocycles. The standard InChI is InChI=1S/C22H31N3O4S/c1-6-10-17-16(14-24-22(25-17)30-5)21(26)23-13-15-11-18(27-7-2)20(29-9-4)19(12-15)28-8-3/h11-12,14H,6-10,13H2,1-5H3,(H,23,26). The highest BCUT2D eigenvalue weighted by atomic mass is 32.2. The fourth-order valence-electron chi connectivity index (χ4n) is 2.94. The lowest BCUT2D eigenvalue weighted by Gasteiger charge is -2.17. The molecule has 164 valence electrons. The Morgan fingerprint density at radius 1 is 1.03 bits per heavy atom. The minimum absolute atomic E-state index is 0.198. The maximum Gasteiger partial charge on any atom is 0.254 e. The van der Waals surface area contributed by atoms with E-state index in [0.29, 0.717) is 54.3 Å². The first kappa shape index (κ1) is 23.8. The van der Waals surface area contributed by atoms with Crippen LogP contribution in [0.3, 0.4) is 0 Å². The number of aryl methyl sites for hydroxylation is 1. The SMILES string of the molecule is CCCc1nc(SC)ncc1C(=O)NCc1cc(OCC)c(OCC)c(OCC)c1. The molecule has 1 heterocycles. The average molecular weight is 434 g/mol. The van der Waals surface area contributed by atoms with Crippen LogP contribution in [0.5, 0.6) is 17.2 Å². The quantitative estimate of drug-likeness (QED) is 0.395. The van der Waals surface area contributed by atoms with Gasteiger partial charge in [0.2, 0.25) is 5.75 Å². The van der Waals surface area contributed by atoms with Gasteiger partial charge in [-0.05, 0) is 51.1 Å². The topological polar surface area (TPSA) is 82.6 Å². The second-order valence-electron chi connectivity index (χ2n) is 6.37. The highest BCUT2D eigenvalue weighted by Gasteiger charge is 2.17. The first-order valence-electron chi connectivity index (χ1n) is 10.3. The lowest BCUT2D eigenvalue weighted by Crippen LogP contribution is -2.25. The van der Waals surface area contributed by atoms with Gasteiger partial charge in [-0.15, -0.1) is 0 Å². The average Bonchev–Trinajstić information content (AvgIpc) is 2.74. The third-order valence-electron chi connectivity index (χ3n) is 4.18. The van der Waals surface area contributed by atoms with Crippen molar-refractivity contribution in [3.05, 3.63) is 35.2 Å². The van der Waals surface area contributed by atoms with E-state index in [1.807, 2.05) is 39.2 Å². The molecule has 0 radical (unpaired) electrons. The minimum Gasteiger partial charge on any atom is -0.490 e. The third-order valence-corrected chi connectivity index (χ3v) is 4.74. The van der Waals surface area contributed by atoms with Crippen LogP contribution in [0.15, 0.2) is 23.5 Å². The Bertz CT molecular complexity index is 818. The molecule has 0 fully saturated rings. The molecule has 0 aliphatic heterocycles. The summed E-state index contributed by atoms with van der Waals surface area (Å²) in [5, 5.41) is 3.63. The zero-order valence-electron chi connectivity index (χ0n) is 18.4. The number of thioether (sulfide) groups is 1. The van der Waals surface area contributed by atoms with E-state index in [1.54, 1.807) is 6.20 Å². The van der Waals surface area contributed by atoms with Gasteiger partial charge in [0, 0.05) is 12.7 Å². The van der Waals surface area contributed by atoms with E-state index in [4.69, 9.17) is 14.2 Å². The molecule has 2 aromatic rings. The largest absolute Gasteiger partial charge is 0.490 e. The maximum absolute atomic E-state index is 12.8. The monoisotopic (exact) mass is 433 g/mol. The van der Waals surface area contributed by atoms with Crippen molar-refractivity contribution >= 4 is 17.7 Å². The summed E-state index contributed by atoms with van der Waals surface area (Å²) < 4.78 is 17.2. The van der Waals surface area contributed by atoms with Crippen molar-refractivity contribution in [1.29, 1.82) is 0 Å². The highest BCUT2D eigenvalue weighted by Crippen LogP contribution is 2.39. The Morgan fingerprint density at radius 2 is 1.67 bits per heavy atom. The molecule has 0 saturated carbocycles. The number of nitrogens with zero attached hydrogens (tertiary/aromatic N) is 2. The molecule has 7 nitrogen and oxygen atoms in total. The molecule has 1 aromatic heterocycles. The Hall–Kier alpha value is -2.48. The van der Waals surface area contributed by atoms with Gasteiger partial charge in [0.1, 0.15) is 0 Å². The Morgan fingerprint density at radius 3 is 2.20 bits per heavy atom. The number of rotatable bonds is 12. The summed E-state index contributed by atoms with van der Waals surface area (Å²) in [4.78, 5) is 21.6. The van der Waals surface area contributed by atoms with E-state index in [1.165, 1.54) is 11.8 Å². The van der Waals surface area contributed by atoms with E-state index in [-0.39, 0.29) is 5.91 Å². The Balaban J connectivity index is 2.25. The van der Waals surface area contributed by atoms with Crippen molar-refractivity contribution in [2.45, 2.75) is 52.2 Å². The second kappa shape index (κ2) is 12.3. The van der Waals surface area contributed by atoms with Gasteiger partial charge in [-0.2, -0.15) is 0 Å². The fraction of sp³-hybridized carbons (Fsp3) is 0.500. The van der Waals surface area contributed by atoms with Crippen molar-refractivity contribution < 1.29 is 19.0 Å². The van der Waals surface area contributed by atoms with E-state index in [0.717, 1.165) is 24.1 Å². The number of hydrogen-bond donors (Lipinski definition) is 1. The molecule has 30 heavy (non-hydrogen) atoms. The minimum atomic E-state index is -0.198. The molecule has 1 N–H and O–H groups in total. The van der Waals surface area contributed by atoms with Crippen LogP contribution < -0.4 is 19.5 Å². The predicted octanol–water partition coefficient (Wildman–Crippen LogP) is 4.28. The van der Waals surface area contributed by atoms with Crippen LogP contribution in [-0.4, -0.2) is 42.0 Å². The number of aromatic nitrogens is 2. The molecule has 0 bridgehead atoms. The molecule has 0 unspecified atom stereocenters. The van der Waals surface area contributed by atoms with Crippen LogP contribution >= 0.6 is 11.8 Å². The van der Waals surface area contributed by atoms with Gasteiger partial charge in [-0.3, -0.25) is 4.79 Å². The molecule has 0 spiro atoms. The van der Waals surface area contributed by atoms with Crippen LogP contribution in [0, 0.1) is 0 Å². The molecule has 0 atom stereocenters. The van der Waals surface area contributed by atoms with E-state index in [9.17, 15) is 4.79 Å². The van der Waals surface area contributed by atoms with Crippen LogP contribution in [0.25, 0.3) is 0 Å². The number of amides is 1. The van der Waals surface area contributed by atoms with Gasteiger partial charge < -0.3 is 19.5 Å². The maximum atomic E-state index is 12.8. The summed E-state index contributed by atoms with van der Waals surface area (Å²) in [6, 6.07) is 3.75. The van der Waals surface area contributed by atoms with Crippen molar-refractivity contribution in [2.24, 2.45) is 0 Å². The molecule has 0 aliphatic carbocycles. The number of carbonyl (C=O) groups excluding carboxylic acids is 1. The van der Waals surface area contributed by atoms with Gasteiger partial charge in [-0.25, -0.2) is 9.97 Å². The predicted molar refractivity (Wildman–Crippen MR) is 119 cm³/mol. The van der Waals surface area contributed by atoms with Gasteiger partial charge >= 0.3 is 0 Å². The lowest BCUT2D eigenvalue weighted by atomic mass is 10.1. The van der Waals surface area contributed by atoms with Crippen LogP contribution in [-0.2, 0) is 13.0 Å². The number of benzene rings is 1. The van der Waals surface area contributed by atoms with E-state index < -0.39 is 0 Å². The number of carbonyl (C=O) groups is 1. The van der Waals surface area contributed by atoms with E-state index in [2.05, 4.69) is 22.2 Å². The Kier molecular flexibility index (Phi) is 9.73. The van der Waals surface area contributed by atoms with Crippen molar-refractivity contribution in [3.8, 4) is 17.2 Å². The number of hydrogen-bond acceptors (Lipinski definition) is 7. The summed E-state index contributed by atoms with van der Waals surface area (Å²) in [6.45, 7) is 9.63. The van der Waals surface area contributed by atoms with Gasteiger partial charge in [0.05, 0.1) is 31.1 Å². The zero-order chi connectivity index (χ0) is 21.9. The molecule has 1 amide bonds. The first-order valence-corrected chi connectivity index (χ1v) is 11.5. The third kappa shape index (κ3) is 6.26.